The lowest BCUT2D eigenvalue weighted by Gasteiger charge is -2.72. The van der Waals surface area contributed by atoms with Gasteiger partial charge in [-0.1, -0.05) is 67.0 Å². The lowest BCUT2D eigenvalue weighted by molar-refractivity contribution is -0.215. The smallest absolute Gasteiger partial charge is 0.0470 e. The summed E-state index contributed by atoms with van der Waals surface area (Å²) in [6.07, 6.45) is 12.4. The summed E-state index contributed by atoms with van der Waals surface area (Å²) in [5.41, 5.74) is 2.79. The number of aliphatic hydroxyl groups is 3. The van der Waals surface area contributed by atoms with Gasteiger partial charge < -0.3 is 15.3 Å². The van der Waals surface area contributed by atoms with Crippen molar-refractivity contribution in [2.45, 2.75) is 107 Å². The molecule has 3 heteroatoms. The number of fused-ring (bicyclic) bond motifs is 7. The summed E-state index contributed by atoms with van der Waals surface area (Å²) in [7, 11) is 0. The molecule has 0 radical (unpaired) electrons. The molecule has 0 amide bonds. The number of allylic oxidation sites excluding steroid dienone is 2. The summed E-state index contributed by atoms with van der Waals surface area (Å²) in [6, 6.07) is 0. The van der Waals surface area contributed by atoms with E-state index in [1.807, 2.05) is 0 Å². The molecule has 4 saturated carbocycles. The van der Waals surface area contributed by atoms with E-state index in [-0.39, 0.29) is 52.1 Å². The fourth-order valence-electron chi connectivity index (χ4n) is 12.1. The van der Waals surface area contributed by atoms with Crippen molar-refractivity contribution in [3.63, 3.8) is 0 Å². The Bertz CT molecular complexity index is 905. The van der Waals surface area contributed by atoms with Crippen molar-refractivity contribution in [3.8, 4) is 0 Å². The van der Waals surface area contributed by atoms with Gasteiger partial charge in [-0.3, -0.25) is 0 Å². The summed E-state index contributed by atoms with van der Waals surface area (Å²) >= 11 is 0. The van der Waals surface area contributed by atoms with Gasteiger partial charge in [0.25, 0.3) is 0 Å². The fourth-order valence-corrected chi connectivity index (χ4v) is 12.1. The van der Waals surface area contributed by atoms with Crippen LogP contribution in [0.1, 0.15) is 107 Å². The number of hydrogen-bond donors (Lipinski definition) is 3. The molecule has 0 aromatic carbocycles. The minimum absolute atomic E-state index is 0.0297. The minimum atomic E-state index is 0.0297. The summed E-state index contributed by atoms with van der Waals surface area (Å²) in [5, 5.41) is 31.5. The lowest BCUT2D eigenvalue weighted by atomic mass is 9.32. The van der Waals surface area contributed by atoms with Crippen LogP contribution in [0, 0.1) is 68.0 Å². The van der Waals surface area contributed by atoms with Gasteiger partial charge in [-0.25, -0.2) is 0 Å². The Morgan fingerprint density at radius 2 is 1.39 bits per heavy atom. The monoisotopic (exact) mass is 500 g/mol. The zero-order valence-electron chi connectivity index (χ0n) is 24.7. The Hall–Kier alpha value is -0.380. The van der Waals surface area contributed by atoms with Crippen LogP contribution in [0.4, 0.5) is 0 Å². The topological polar surface area (TPSA) is 60.7 Å². The van der Waals surface area contributed by atoms with Crippen LogP contribution in [0.2, 0.25) is 0 Å². The molecule has 5 aliphatic rings. The van der Waals surface area contributed by atoms with Crippen molar-refractivity contribution in [2.24, 2.45) is 68.0 Å². The SMILES string of the molecule is CC1(C)CC[C@]2(C)CC[C@]3(C)C(=CC[C@H]4[C@@]5(C)C[C@@H](CO)[C@H](CO)C(C)(C)[C@@H]5CC[C@]43C)[C@@H]2[C@H]1CO. The summed E-state index contributed by atoms with van der Waals surface area (Å²) in [6.45, 7) is 20.6. The average molecular weight is 501 g/mol. The van der Waals surface area contributed by atoms with Crippen LogP contribution in [0.3, 0.4) is 0 Å². The fraction of sp³-hybridized carbons (Fsp3) is 0.939. The molecule has 36 heavy (non-hydrogen) atoms. The van der Waals surface area contributed by atoms with E-state index >= 15 is 0 Å². The molecular formula is C33H56O3. The zero-order valence-corrected chi connectivity index (χ0v) is 24.7. The minimum Gasteiger partial charge on any atom is -0.396 e. The van der Waals surface area contributed by atoms with Crippen molar-refractivity contribution < 1.29 is 15.3 Å². The summed E-state index contributed by atoms with van der Waals surface area (Å²) in [4.78, 5) is 0. The van der Waals surface area contributed by atoms with E-state index in [0.717, 1.165) is 12.8 Å². The van der Waals surface area contributed by atoms with Crippen LogP contribution < -0.4 is 0 Å². The number of aliphatic hydroxyl groups excluding tert-OH is 3. The summed E-state index contributed by atoms with van der Waals surface area (Å²) in [5.74, 6) is 2.36. The molecule has 0 heterocycles. The van der Waals surface area contributed by atoms with Gasteiger partial charge in [-0.15, -0.1) is 0 Å². The zero-order chi connectivity index (χ0) is 26.5. The van der Waals surface area contributed by atoms with Crippen molar-refractivity contribution in [2.75, 3.05) is 19.8 Å². The molecule has 0 aromatic rings. The third-order valence-electron chi connectivity index (χ3n) is 14.6. The van der Waals surface area contributed by atoms with Crippen LogP contribution in [-0.4, -0.2) is 35.1 Å². The molecule has 0 bridgehead atoms. The molecule has 10 atom stereocenters. The van der Waals surface area contributed by atoms with E-state index in [1.54, 1.807) is 5.57 Å². The Balaban J connectivity index is 1.60. The molecule has 5 rings (SSSR count). The second kappa shape index (κ2) is 8.31. The van der Waals surface area contributed by atoms with Gasteiger partial charge in [0.1, 0.15) is 0 Å². The largest absolute Gasteiger partial charge is 0.396 e. The van der Waals surface area contributed by atoms with E-state index in [4.69, 9.17) is 0 Å². The molecule has 0 aromatic heterocycles. The maximum absolute atomic E-state index is 10.7. The third kappa shape index (κ3) is 3.27. The molecule has 3 nitrogen and oxygen atoms in total. The van der Waals surface area contributed by atoms with Crippen LogP contribution in [0.5, 0.6) is 0 Å². The molecule has 0 unspecified atom stereocenters. The second-order valence-corrected chi connectivity index (χ2v) is 16.5. The van der Waals surface area contributed by atoms with Crippen molar-refractivity contribution in [1.29, 1.82) is 0 Å². The normalized spacial score (nSPS) is 53.4. The van der Waals surface area contributed by atoms with Crippen LogP contribution >= 0.6 is 0 Å². The second-order valence-electron chi connectivity index (χ2n) is 16.5. The van der Waals surface area contributed by atoms with Gasteiger partial charge in [0.05, 0.1) is 0 Å². The molecular weight excluding hydrogens is 444 g/mol. The van der Waals surface area contributed by atoms with Gasteiger partial charge in [0, 0.05) is 19.8 Å². The van der Waals surface area contributed by atoms with E-state index in [0.29, 0.717) is 35.7 Å². The van der Waals surface area contributed by atoms with E-state index < -0.39 is 0 Å². The predicted molar refractivity (Wildman–Crippen MR) is 147 cm³/mol. The molecule has 3 N–H and O–H groups in total. The quantitative estimate of drug-likeness (QED) is 0.371. The summed E-state index contributed by atoms with van der Waals surface area (Å²) < 4.78 is 0. The van der Waals surface area contributed by atoms with Crippen LogP contribution in [-0.2, 0) is 0 Å². The first kappa shape index (κ1) is 27.2. The first-order valence-electron chi connectivity index (χ1n) is 15.2. The molecule has 4 fully saturated rings. The van der Waals surface area contributed by atoms with Gasteiger partial charge in [0.15, 0.2) is 0 Å². The predicted octanol–water partition coefficient (Wildman–Crippen LogP) is 6.85. The highest BCUT2D eigenvalue weighted by atomic mass is 16.3. The lowest BCUT2D eigenvalue weighted by Crippen LogP contribution is -2.66. The average Bonchev–Trinajstić information content (AvgIpc) is 2.79. The molecule has 5 aliphatic carbocycles. The molecule has 0 spiro atoms. The first-order chi connectivity index (χ1) is 16.7. The standard InChI is InChI=1S/C33H56O3/c1-28(2)13-14-30(5)15-16-32(7)22(27(30)24(28)20-36)9-10-26-31(6)17-21(18-34)23(19-35)29(3,4)25(31)11-12-33(26,32)8/h9,21,23-27,34-36H,10-20H2,1-8H3/t21-,23-,24+,25-,26-,27+,30+,31-,32+,33+/m0/s1. The Morgan fingerprint density at radius 3 is 2.00 bits per heavy atom. The van der Waals surface area contributed by atoms with E-state index in [2.05, 4.69) is 61.5 Å². The van der Waals surface area contributed by atoms with Gasteiger partial charge in [0.2, 0.25) is 0 Å². The van der Waals surface area contributed by atoms with Crippen molar-refractivity contribution in [3.05, 3.63) is 11.6 Å². The maximum Gasteiger partial charge on any atom is 0.0470 e. The number of rotatable bonds is 3. The molecule has 0 aliphatic heterocycles. The van der Waals surface area contributed by atoms with E-state index in [1.165, 1.54) is 38.5 Å². The third-order valence-corrected chi connectivity index (χ3v) is 14.6. The van der Waals surface area contributed by atoms with Gasteiger partial charge >= 0.3 is 0 Å². The van der Waals surface area contributed by atoms with Crippen LogP contribution in [0.15, 0.2) is 11.6 Å². The molecule has 206 valence electrons. The first-order valence-corrected chi connectivity index (χ1v) is 15.2. The number of hydrogen-bond acceptors (Lipinski definition) is 3. The maximum atomic E-state index is 10.7. The van der Waals surface area contributed by atoms with E-state index in [9.17, 15) is 15.3 Å². The van der Waals surface area contributed by atoms with Gasteiger partial charge in [-0.05, 0) is 119 Å². The highest BCUT2D eigenvalue weighted by molar-refractivity contribution is 5.34. The van der Waals surface area contributed by atoms with Gasteiger partial charge in [-0.2, -0.15) is 0 Å². The Morgan fingerprint density at radius 1 is 0.750 bits per heavy atom. The molecule has 0 saturated heterocycles. The van der Waals surface area contributed by atoms with Crippen molar-refractivity contribution in [1.82, 2.24) is 0 Å². The Labute approximate surface area is 221 Å². The van der Waals surface area contributed by atoms with Crippen LogP contribution in [0.25, 0.3) is 0 Å². The van der Waals surface area contributed by atoms with Crippen molar-refractivity contribution >= 4 is 0 Å². The highest BCUT2D eigenvalue weighted by Crippen LogP contribution is 2.76. The Kier molecular flexibility index (Phi) is 6.28. The highest BCUT2D eigenvalue weighted by Gasteiger charge is 2.69.